The monoisotopic (exact) mass is 184 g/mol. The van der Waals surface area contributed by atoms with E-state index in [0.29, 0.717) is 18.5 Å². The van der Waals surface area contributed by atoms with Crippen LogP contribution in [0.2, 0.25) is 0 Å². The van der Waals surface area contributed by atoms with Crippen LogP contribution in [-0.2, 0) is 9.53 Å². The summed E-state index contributed by atoms with van der Waals surface area (Å²) >= 11 is 0. The van der Waals surface area contributed by atoms with Crippen molar-refractivity contribution in [2.45, 2.75) is 31.3 Å². The van der Waals surface area contributed by atoms with Gasteiger partial charge in [-0.15, -0.1) is 0 Å². The third-order valence-electron chi connectivity index (χ3n) is 2.67. The van der Waals surface area contributed by atoms with Crippen molar-refractivity contribution in [2.24, 2.45) is 0 Å². The fourth-order valence-corrected chi connectivity index (χ4v) is 1.92. The van der Waals surface area contributed by atoms with Gasteiger partial charge in [-0.3, -0.25) is 4.79 Å². The molecule has 2 N–H and O–H groups in total. The van der Waals surface area contributed by atoms with Crippen LogP contribution in [0.4, 0.5) is 0 Å². The molecule has 2 heterocycles. The summed E-state index contributed by atoms with van der Waals surface area (Å²) < 4.78 is 5.26. The van der Waals surface area contributed by atoms with Gasteiger partial charge in [-0.1, -0.05) is 0 Å². The zero-order valence-corrected chi connectivity index (χ0v) is 7.71. The van der Waals surface area contributed by atoms with Crippen LogP contribution in [0, 0.1) is 0 Å². The van der Waals surface area contributed by atoms with E-state index in [1.54, 1.807) is 0 Å². The number of hydrogen-bond donors (Lipinski definition) is 2. The van der Waals surface area contributed by atoms with Crippen LogP contribution in [0.3, 0.4) is 0 Å². The van der Waals surface area contributed by atoms with Crippen molar-refractivity contribution in [1.82, 2.24) is 10.6 Å². The van der Waals surface area contributed by atoms with Crippen LogP contribution >= 0.6 is 0 Å². The van der Waals surface area contributed by atoms with Gasteiger partial charge >= 0.3 is 0 Å². The summed E-state index contributed by atoms with van der Waals surface area (Å²) in [6.07, 6.45) is 2.78. The van der Waals surface area contributed by atoms with Gasteiger partial charge in [0.05, 0.1) is 0 Å². The molecule has 0 saturated carbocycles. The second kappa shape index (κ2) is 4.07. The molecule has 2 fully saturated rings. The second-order valence-corrected chi connectivity index (χ2v) is 3.76. The minimum Gasteiger partial charge on any atom is -0.381 e. The lowest BCUT2D eigenvalue weighted by Crippen LogP contribution is -2.42. The Morgan fingerprint density at radius 3 is 2.69 bits per heavy atom. The van der Waals surface area contributed by atoms with Crippen LogP contribution in [0.5, 0.6) is 0 Å². The first kappa shape index (κ1) is 8.97. The van der Waals surface area contributed by atoms with Crippen LogP contribution in [0.1, 0.15) is 19.3 Å². The lowest BCUT2D eigenvalue weighted by Gasteiger charge is -2.25. The van der Waals surface area contributed by atoms with Gasteiger partial charge in [0.1, 0.15) is 0 Å². The molecule has 0 spiro atoms. The van der Waals surface area contributed by atoms with Crippen molar-refractivity contribution >= 4 is 5.91 Å². The summed E-state index contributed by atoms with van der Waals surface area (Å²) in [6, 6.07) is 0.891. The second-order valence-electron chi connectivity index (χ2n) is 3.76. The van der Waals surface area contributed by atoms with E-state index in [1.165, 1.54) is 0 Å². The molecular weight excluding hydrogens is 168 g/mol. The molecule has 1 unspecified atom stereocenters. The van der Waals surface area contributed by atoms with E-state index in [9.17, 15) is 4.79 Å². The molecule has 74 valence electrons. The van der Waals surface area contributed by atoms with Gasteiger partial charge in [-0.05, 0) is 12.8 Å². The molecule has 2 aliphatic rings. The molecule has 0 aromatic heterocycles. The Bertz CT molecular complexity index is 190. The summed E-state index contributed by atoms with van der Waals surface area (Å²) in [5.41, 5.74) is 0. The molecule has 1 atom stereocenters. The molecule has 0 radical (unpaired) electrons. The zero-order valence-electron chi connectivity index (χ0n) is 7.71. The van der Waals surface area contributed by atoms with E-state index in [2.05, 4.69) is 10.6 Å². The van der Waals surface area contributed by atoms with E-state index in [4.69, 9.17) is 4.74 Å². The van der Waals surface area contributed by atoms with Gasteiger partial charge < -0.3 is 15.4 Å². The lowest BCUT2D eigenvalue weighted by molar-refractivity contribution is -0.119. The number of nitrogens with one attached hydrogen (secondary N) is 2. The Kier molecular flexibility index (Phi) is 2.80. The highest BCUT2D eigenvalue weighted by Crippen LogP contribution is 2.09. The van der Waals surface area contributed by atoms with Gasteiger partial charge in [-0.25, -0.2) is 0 Å². The molecule has 1 amide bonds. The van der Waals surface area contributed by atoms with Crippen molar-refractivity contribution in [3.8, 4) is 0 Å². The fraction of sp³-hybridized carbons (Fsp3) is 0.889. The standard InChI is InChI=1S/C9H16N2O2/c12-9-5-8(6-10-9)11-7-1-3-13-4-2-7/h7-8,11H,1-6H2,(H,10,12). The summed E-state index contributed by atoms with van der Waals surface area (Å²) in [6.45, 7) is 2.49. The molecular formula is C9H16N2O2. The number of carbonyl (C=O) groups is 1. The van der Waals surface area contributed by atoms with Gasteiger partial charge in [-0.2, -0.15) is 0 Å². The number of rotatable bonds is 2. The number of amides is 1. The first-order valence-electron chi connectivity index (χ1n) is 4.95. The molecule has 2 rings (SSSR count). The number of ether oxygens (including phenoxy) is 1. The van der Waals surface area contributed by atoms with E-state index >= 15 is 0 Å². The van der Waals surface area contributed by atoms with Gasteiger partial charge in [0.25, 0.3) is 0 Å². The predicted molar refractivity (Wildman–Crippen MR) is 48.4 cm³/mol. The highest BCUT2D eigenvalue weighted by molar-refractivity contribution is 5.78. The largest absolute Gasteiger partial charge is 0.381 e. The minimum absolute atomic E-state index is 0.171. The Morgan fingerprint density at radius 1 is 1.31 bits per heavy atom. The molecule has 0 aromatic rings. The minimum atomic E-state index is 0.171. The fourth-order valence-electron chi connectivity index (χ4n) is 1.92. The summed E-state index contributed by atoms with van der Waals surface area (Å²) in [5.74, 6) is 0.171. The molecule has 13 heavy (non-hydrogen) atoms. The summed E-state index contributed by atoms with van der Waals surface area (Å²) in [5, 5.41) is 6.31. The molecule has 4 nitrogen and oxygen atoms in total. The maximum absolute atomic E-state index is 10.9. The Balaban J connectivity index is 1.73. The van der Waals surface area contributed by atoms with Crippen molar-refractivity contribution in [3.63, 3.8) is 0 Å². The maximum Gasteiger partial charge on any atom is 0.221 e. The highest BCUT2D eigenvalue weighted by atomic mass is 16.5. The average molecular weight is 184 g/mol. The third-order valence-corrected chi connectivity index (χ3v) is 2.67. The average Bonchev–Trinajstić information content (AvgIpc) is 2.53. The van der Waals surface area contributed by atoms with Crippen LogP contribution in [0.15, 0.2) is 0 Å². The van der Waals surface area contributed by atoms with Crippen molar-refractivity contribution in [1.29, 1.82) is 0 Å². The van der Waals surface area contributed by atoms with E-state index in [1.807, 2.05) is 0 Å². The first-order chi connectivity index (χ1) is 6.34. The maximum atomic E-state index is 10.9. The van der Waals surface area contributed by atoms with Crippen LogP contribution in [0.25, 0.3) is 0 Å². The number of hydrogen-bond acceptors (Lipinski definition) is 3. The Hall–Kier alpha value is -0.610. The quantitative estimate of drug-likeness (QED) is 0.616. The molecule has 0 aliphatic carbocycles. The normalized spacial score (nSPS) is 30.5. The molecule has 2 saturated heterocycles. The zero-order chi connectivity index (χ0) is 9.10. The summed E-state index contributed by atoms with van der Waals surface area (Å²) in [4.78, 5) is 10.9. The van der Waals surface area contributed by atoms with Gasteiger partial charge in [0, 0.05) is 38.3 Å². The van der Waals surface area contributed by atoms with Crippen LogP contribution in [-0.4, -0.2) is 37.7 Å². The summed E-state index contributed by atoms with van der Waals surface area (Å²) in [7, 11) is 0. The molecule has 0 bridgehead atoms. The topological polar surface area (TPSA) is 50.4 Å². The van der Waals surface area contributed by atoms with E-state index < -0.39 is 0 Å². The van der Waals surface area contributed by atoms with Gasteiger partial charge in [0.15, 0.2) is 0 Å². The highest BCUT2D eigenvalue weighted by Gasteiger charge is 2.24. The predicted octanol–water partition coefficient (Wildman–Crippen LogP) is -0.357. The molecule has 0 aromatic carbocycles. The Labute approximate surface area is 78.0 Å². The lowest BCUT2D eigenvalue weighted by atomic mass is 10.1. The SMILES string of the molecule is O=C1CC(NC2CCOCC2)CN1. The number of carbonyl (C=O) groups excluding carboxylic acids is 1. The van der Waals surface area contributed by atoms with Gasteiger partial charge in [0.2, 0.25) is 5.91 Å². The Morgan fingerprint density at radius 2 is 2.08 bits per heavy atom. The van der Waals surface area contributed by atoms with Crippen molar-refractivity contribution in [3.05, 3.63) is 0 Å². The van der Waals surface area contributed by atoms with Crippen LogP contribution < -0.4 is 10.6 Å². The first-order valence-corrected chi connectivity index (χ1v) is 4.95. The smallest absolute Gasteiger partial charge is 0.221 e. The van der Waals surface area contributed by atoms with Crippen molar-refractivity contribution < 1.29 is 9.53 Å². The van der Waals surface area contributed by atoms with E-state index in [0.717, 1.165) is 32.6 Å². The third kappa shape index (κ3) is 2.42. The molecule has 2 aliphatic heterocycles. The van der Waals surface area contributed by atoms with Crippen molar-refractivity contribution in [2.75, 3.05) is 19.8 Å². The van der Waals surface area contributed by atoms with E-state index in [-0.39, 0.29) is 5.91 Å². The molecule has 4 heteroatoms.